The van der Waals surface area contributed by atoms with Crippen molar-refractivity contribution in [3.8, 4) is 11.8 Å². The highest BCUT2D eigenvalue weighted by molar-refractivity contribution is 5.49. The molecule has 0 aliphatic rings. The summed E-state index contributed by atoms with van der Waals surface area (Å²) in [6, 6.07) is 9.28. The molecule has 5 heteroatoms. The zero-order valence-corrected chi connectivity index (χ0v) is 10.3. The third-order valence-corrected chi connectivity index (χ3v) is 2.63. The van der Waals surface area contributed by atoms with Crippen molar-refractivity contribution in [2.24, 2.45) is 0 Å². The van der Waals surface area contributed by atoms with Crippen molar-refractivity contribution < 1.29 is 9.50 Å². The lowest BCUT2D eigenvalue weighted by atomic mass is 10.2. The summed E-state index contributed by atoms with van der Waals surface area (Å²) < 4.78 is 13.6. The molecule has 2 N–H and O–H groups in total. The van der Waals surface area contributed by atoms with Crippen molar-refractivity contribution >= 4 is 5.69 Å². The van der Waals surface area contributed by atoms with Crippen LogP contribution in [0.25, 0.3) is 0 Å². The Bertz CT molecular complexity index is 650. The number of hydrogen-bond acceptors (Lipinski definition) is 4. The maximum Gasteiger partial charge on any atom is 0.147 e. The van der Waals surface area contributed by atoms with Crippen LogP contribution in [-0.2, 0) is 6.54 Å². The Balaban J connectivity index is 2.15. The molecule has 0 amide bonds. The minimum absolute atomic E-state index is 0.0622. The van der Waals surface area contributed by atoms with E-state index in [1.165, 1.54) is 12.1 Å². The summed E-state index contributed by atoms with van der Waals surface area (Å²) in [5, 5.41) is 21.1. The van der Waals surface area contributed by atoms with Gasteiger partial charge in [0.1, 0.15) is 17.3 Å². The highest BCUT2D eigenvalue weighted by atomic mass is 19.1. The van der Waals surface area contributed by atoms with Gasteiger partial charge >= 0.3 is 0 Å². The Morgan fingerprint density at radius 1 is 1.37 bits per heavy atom. The molecule has 0 atom stereocenters. The van der Waals surface area contributed by atoms with Crippen LogP contribution in [0.15, 0.2) is 30.3 Å². The second-order valence-corrected chi connectivity index (χ2v) is 4.08. The molecule has 4 nitrogen and oxygen atoms in total. The monoisotopic (exact) mass is 257 g/mol. The Kier molecular flexibility index (Phi) is 3.62. The maximum atomic E-state index is 13.6. The van der Waals surface area contributed by atoms with Crippen LogP contribution in [0.4, 0.5) is 10.1 Å². The smallest absolute Gasteiger partial charge is 0.147 e. The lowest BCUT2D eigenvalue weighted by Gasteiger charge is -2.09. The van der Waals surface area contributed by atoms with Crippen LogP contribution >= 0.6 is 0 Å². The standard InChI is InChI=1S/C14H12FN3O/c1-9-2-5-14(19)13(18-9)8-17-12-4-3-10(7-16)6-11(12)15/h2-6,17,19H,8H2,1H3. The van der Waals surface area contributed by atoms with E-state index in [1.54, 1.807) is 12.1 Å². The van der Waals surface area contributed by atoms with Gasteiger partial charge in [0.2, 0.25) is 0 Å². The summed E-state index contributed by atoms with van der Waals surface area (Å²) in [7, 11) is 0. The van der Waals surface area contributed by atoms with Crippen LogP contribution in [0, 0.1) is 24.1 Å². The summed E-state index contributed by atoms with van der Waals surface area (Å²) in [4.78, 5) is 4.16. The Morgan fingerprint density at radius 2 is 2.16 bits per heavy atom. The number of rotatable bonds is 3. The Labute approximate surface area is 110 Å². The van der Waals surface area contributed by atoms with E-state index in [4.69, 9.17) is 5.26 Å². The molecule has 0 spiro atoms. The number of hydrogen-bond donors (Lipinski definition) is 2. The number of anilines is 1. The normalized spacial score (nSPS) is 9.95. The lowest BCUT2D eigenvalue weighted by molar-refractivity contribution is 0.464. The predicted octanol–water partition coefficient (Wildman–Crippen LogP) is 2.72. The van der Waals surface area contributed by atoms with Gasteiger partial charge in [-0.2, -0.15) is 5.26 Å². The number of aromatic nitrogens is 1. The van der Waals surface area contributed by atoms with E-state index in [-0.39, 0.29) is 23.5 Å². The molecular weight excluding hydrogens is 245 g/mol. The van der Waals surface area contributed by atoms with E-state index in [2.05, 4.69) is 10.3 Å². The fourth-order valence-corrected chi connectivity index (χ4v) is 1.64. The number of nitrogens with one attached hydrogen (secondary N) is 1. The van der Waals surface area contributed by atoms with Gasteiger partial charge in [-0.25, -0.2) is 4.39 Å². The third-order valence-electron chi connectivity index (χ3n) is 2.63. The van der Waals surface area contributed by atoms with Crippen LogP contribution in [0.3, 0.4) is 0 Å². The first-order chi connectivity index (χ1) is 9.10. The van der Waals surface area contributed by atoms with Crippen LogP contribution in [-0.4, -0.2) is 10.1 Å². The van der Waals surface area contributed by atoms with Gasteiger partial charge in [-0.3, -0.25) is 4.98 Å². The van der Waals surface area contributed by atoms with Crippen molar-refractivity contribution in [2.45, 2.75) is 13.5 Å². The predicted molar refractivity (Wildman–Crippen MR) is 69.1 cm³/mol. The first-order valence-electron chi connectivity index (χ1n) is 5.69. The molecule has 0 aliphatic heterocycles. The van der Waals surface area contributed by atoms with Gasteiger partial charge in [-0.15, -0.1) is 0 Å². The number of nitrogens with zero attached hydrogens (tertiary/aromatic N) is 2. The molecule has 0 fully saturated rings. The zero-order valence-electron chi connectivity index (χ0n) is 10.3. The fraction of sp³-hybridized carbons (Fsp3) is 0.143. The fourth-order valence-electron chi connectivity index (χ4n) is 1.64. The molecule has 0 saturated heterocycles. The summed E-state index contributed by atoms with van der Waals surface area (Å²) in [5.74, 6) is -0.446. The number of benzene rings is 1. The number of aromatic hydroxyl groups is 1. The molecule has 0 saturated carbocycles. The highest BCUT2D eigenvalue weighted by Crippen LogP contribution is 2.19. The zero-order chi connectivity index (χ0) is 13.8. The van der Waals surface area contributed by atoms with Crippen molar-refractivity contribution in [3.63, 3.8) is 0 Å². The molecular formula is C14H12FN3O. The van der Waals surface area contributed by atoms with Crippen molar-refractivity contribution in [1.82, 2.24) is 4.98 Å². The minimum Gasteiger partial charge on any atom is -0.506 e. The first kappa shape index (κ1) is 12.8. The van der Waals surface area contributed by atoms with E-state index in [0.29, 0.717) is 5.69 Å². The highest BCUT2D eigenvalue weighted by Gasteiger charge is 2.06. The molecule has 19 heavy (non-hydrogen) atoms. The Morgan fingerprint density at radius 3 is 2.84 bits per heavy atom. The summed E-state index contributed by atoms with van der Waals surface area (Å²) in [6.45, 7) is 2.02. The van der Waals surface area contributed by atoms with Gasteiger partial charge in [0.25, 0.3) is 0 Å². The topological polar surface area (TPSA) is 68.9 Å². The van der Waals surface area contributed by atoms with Crippen LogP contribution in [0.2, 0.25) is 0 Å². The molecule has 0 unspecified atom stereocenters. The molecule has 1 heterocycles. The lowest BCUT2D eigenvalue weighted by Crippen LogP contribution is -2.04. The molecule has 0 radical (unpaired) electrons. The van der Waals surface area contributed by atoms with E-state index in [9.17, 15) is 9.50 Å². The van der Waals surface area contributed by atoms with Gasteiger partial charge in [0, 0.05) is 5.69 Å². The number of aryl methyl sites for hydroxylation is 1. The summed E-state index contributed by atoms with van der Waals surface area (Å²) >= 11 is 0. The average molecular weight is 257 g/mol. The van der Waals surface area contributed by atoms with Gasteiger partial charge in [-0.05, 0) is 37.3 Å². The van der Waals surface area contributed by atoms with E-state index in [0.717, 1.165) is 11.8 Å². The molecule has 0 aliphatic carbocycles. The van der Waals surface area contributed by atoms with Crippen molar-refractivity contribution in [2.75, 3.05) is 5.32 Å². The van der Waals surface area contributed by atoms with E-state index >= 15 is 0 Å². The minimum atomic E-state index is -0.508. The summed E-state index contributed by atoms with van der Waals surface area (Å²) in [5.41, 5.74) is 1.75. The molecule has 96 valence electrons. The van der Waals surface area contributed by atoms with Crippen LogP contribution < -0.4 is 5.32 Å². The van der Waals surface area contributed by atoms with Crippen LogP contribution in [0.5, 0.6) is 5.75 Å². The number of nitriles is 1. The second kappa shape index (κ2) is 5.36. The van der Waals surface area contributed by atoms with Crippen LogP contribution in [0.1, 0.15) is 17.0 Å². The SMILES string of the molecule is Cc1ccc(O)c(CNc2ccc(C#N)cc2F)n1. The van der Waals surface area contributed by atoms with Gasteiger partial charge < -0.3 is 10.4 Å². The van der Waals surface area contributed by atoms with Gasteiger partial charge in [0.05, 0.1) is 23.9 Å². The summed E-state index contributed by atoms with van der Waals surface area (Å²) in [6.07, 6.45) is 0. The molecule has 1 aromatic heterocycles. The molecule has 2 aromatic rings. The van der Waals surface area contributed by atoms with E-state index < -0.39 is 5.82 Å². The van der Waals surface area contributed by atoms with Gasteiger partial charge in [-0.1, -0.05) is 0 Å². The van der Waals surface area contributed by atoms with Gasteiger partial charge in [0.15, 0.2) is 0 Å². The molecule has 2 rings (SSSR count). The second-order valence-electron chi connectivity index (χ2n) is 4.08. The quantitative estimate of drug-likeness (QED) is 0.887. The van der Waals surface area contributed by atoms with E-state index in [1.807, 2.05) is 13.0 Å². The maximum absolute atomic E-state index is 13.6. The van der Waals surface area contributed by atoms with Crippen molar-refractivity contribution in [1.29, 1.82) is 5.26 Å². The number of halogens is 1. The molecule has 1 aromatic carbocycles. The van der Waals surface area contributed by atoms with Crippen molar-refractivity contribution in [3.05, 3.63) is 53.1 Å². The number of pyridine rings is 1. The Hall–Kier alpha value is -2.61. The molecule has 0 bridgehead atoms. The largest absolute Gasteiger partial charge is 0.506 e. The first-order valence-corrected chi connectivity index (χ1v) is 5.69. The third kappa shape index (κ3) is 2.99. The average Bonchev–Trinajstić information content (AvgIpc) is 2.40.